The Kier molecular flexibility index (Phi) is 6.76. The molecule has 0 saturated heterocycles. The van der Waals surface area contributed by atoms with Gasteiger partial charge in [0.05, 0.1) is 24.6 Å². The van der Waals surface area contributed by atoms with Gasteiger partial charge in [0.2, 0.25) is 15.9 Å². The van der Waals surface area contributed by atoms with Crippen molar-refractivity contribution in [3.8, 4) is 5.75 Å². The van der Waals surface area contributed by atoms with E-state index in [0.717, 1.165) is 11.1 Å². The normalized spacial score (nSPS) is 11.2. The summed E-state index contributed by atoms with van der Waals surface area (Å²) < 4.78 is 32.3. The number of para-hydroxylation sites is 2. The van der Waals surface area contributed by atoms with Crippen LogP contribution in [0.5, 0.6) is 5.75 Å². The lowest BCUT2D eigenvalue weighted by atomic mass is 10.1. The van der Waals surface area contributed by atoms with Crippen molar-refractivity contribution in [1.29, 1.82) is 0 Å². The van der Waals surface area contributed by atoms with Gasteiger partial charge < -0.3 is 10.1 Å². The summed E-state index contributed by atoms with van der Waals surface area (Å²) in [5.41, 5.74) is 3.20. The number of hydrogen-bond acceptors (Lipinski definition) is 4. The first-order valence-electron chi connectivity index (χ1n) is 8.36. The van der Waals surface area contributed by atoms with Gasteiger partial charge in [0, 0.05) is 0 Å². The molecule has 26 heavy (non-hydrogen) atoms. The number of hydrogen-bond donors (Lipinski definition) is 2. The van der Waals surface area contributed by atoms with E-state index in [9.17, 15) is 13.2 Å². The van der Waals surface area contributed by atoms with Crippen molar-refractivity contribution >= 4 is 21.6 Å². The van der Waals surface area contributed by atoms with Crippen molar-refractivity contribution in [2.24, 2.45) is 0 Å². The Labute approximate surface area is 154 Å². The molecule has 0 aromatic heterocycles. The maximum atomic E-state index is 12.2. The summed E-state index contributed by atoms with van der Waals surface area (Å²) in [5, 5.41) is 2.66. The quantitative estimate of drug-likeness (QED) is 0.742. The number of nitrogens with one attached hydrogen (secondary N) is 2. The van der Waals surface area contributed by atoms with E-state index in [1.807, 2.05) is 32.9 Å². The van der Waals surface area contributed by atoms with Gasteiger partial charge in [-0.25, -0.2) is 13.1 Å². The first-order chi connectivity index (χ1) is 12.3. The molecule has 2 aromatic rings. The molecule has 0 aliphatic heterocycles. The summed E-state index contributed by atoms with van der Waals surface area (Å²) in [6, 6.07) is 12.6. The molecular weight excluding hydrogens is 352 g/mol. The summed E-state index contributed by atoms with van der Waals surface area (Å²) in [6.07, 6.45) is 0. The second-order valence-electron chi connectivity index (χ2n) is 5.99. The number of benzene rings is 2. The summed E-state index contributed by atoms with van der Waals surface area (Å²) in [4.78, 5) is 12.1. The summed E-state index contributed by atoms with van der Waals surface area (Å²) in [5.74, 6) is -0.0788. The van der Waals surface area contributed by atoms with Crippen LogP contribution in [0.15, 0.2) is 42.5 Å². The minimum atomic E-state index is -3.62. The van der Waals surface area contributed by atoms with Crippen molar-refractivity contribution in [3.05, 3.63) is 59.2 Å². The maximum absolute atomic E-state index is 12.2. The van der Waals surface area contributed by atoms with Crippen LogP contribution in [0.3, 0.4) is 0 Å². The monoisotopic (exact) mass is 376 g/mol. The van der Waals surface area contributed by atoms with Crippen LogP contribution < -0.4 is 14.8 Å². The maximum Gasteiger partial charge on any atom is 0.239 e. The van der Waals surface area contributed by atoms with Crippen LogP contribution >= 0.6 is 0 Å². The average molecular weight is 376 g/mol. The van der Waals surface area contributed by atoms with Gasteiger partial charge in [0.15, 0.2) is 0 Å². The number of anilines is 1. The average Bonchev–Trinajstić information content (AvgIpc) is 2.58. The van der Waals surface area contributed by atoms with Crippen molar-refractivity contribution in [2.75, 3.05) is 18.5 Å². The SMILES string of the molecule is CCOc1ccccc1NC(=O)CNS(=O)(=O)Cc1ccc(C)cc1C. The molecule has 1 amide bonds. The third-order valence-electron chi connectivity index (χ3n) is 3.76. The molecule has 2 aromatic carbocycles. The van der Waals surface area contributed by atoms with E-state index in [1.54, 1.807) is 30.3 Å². The number of amides is 1. The molecule has 0 spiro atoms. The zero-order chi connectivity index (χ0) is 19.2. The van der Waals surface area contributed by atoms with Crippen LogP contribution in [0.4, 0.5) is 5.69 Å². The van der Waals surface area contributed by atoms with Gasteiger partial charge in [0.25, 0.3) is 0 Å². The van der Waals surface area contributed by atoms with E-state index in [1.165, 1.54) is 0 Å². The lowest BCUT2D eigenvalue weighted by Crippen LogP contribution is -2.33. The van der Waals surface area contributed by atoms with Gasteiger partial charge in [0.1, 0.15) is 5.75 Å². The Hall–Kier alpha value is -2.38. The number of carbonyl (C=O) groups is 1. The molecule has 6 nitrogen and oxygen atoms in total. The van der Waals surface area contributed by atoms with Gasteiger partial charge in [-0.05, 0) is 44.0 Å². The zero-order valence-electron chi connectivity index (χ0n) is 15.2. The number of carbonyl (C=O) groups excluding carboxylic acids is 1. The number of sulfonamides is 1. The van der Waals surface area contributed by atoms with Crippen LogP contribution in [0.2, 0.25) is 0 Å². The predicted molar refractivity (Wildman–Crippen MR) is 103 cm³/mol. The van der Waals surface area contributed by atoms with Gasteiger partial charge in [-0.2, -0.15) is 0 Å². The first kappa shape index (κ1) is 19.9. The van der Waals surface area contributed by atoms with Crippen LogP contribution in [-0.2, 0) is 20.6 Å². The molecule has 0 heterocycles. The fourth-order valence-electron chi connectivity index (χ4n) is 2.48. The highest BCUT2D eigenvalue weighted by molar-refractivity contribution is 7.88. The fraction of sp³-hybridized carbons (Fsp3) is 0.316. The summed E-state index contributed by atoms with van der Waals surface area (Å²) in [7, 11) is -3.62. The molecule has 0 aliphatic carbocycles. The molecule has 7 heteroatoms. The number of rotatable bonds is 8. The van der Waals surface area contributed by atoms with E-state index < -0.39 is 15.9 Å². The molecule has 0 unspecified atom stereocenters. The van der Waals surface area contributed by atoms with Crippen molar-refractivity contribution in [1.82, 2.24) is 4.72 Å². The lowest BCUT2D eigenvalue weighted by molar-refractivity contribution is -0.115. The van der Waals surface area contributed by atoms with Crippen LogP contribution in [0, 0.1) is 13.8 Å². The molecule has 2 rings (SSSR count). The fourth-order valence-corrected chi connectivity index (χ4v) is 3.67. The Morgan fingerprint density at radius 1 is 1.12 bits per heavy atom. The third kappa shape index (κ3) is 5.86. The van der Waals surface area contributed by atoms with Crippen molar-refractivity contribution in [2.45, 2.75) is 26.5 Å². The molecule has 140 valence electrons. The minimum absolute atomic E-state index is 0.165. The highest BCUT2D eigenvalue weighted by Crippen LogP contribution is 2.23. The molecule has 0 radical (unpaired) electrons. The van der Waals surface area contributed by atoms with E-state index in [-0.39, 0.29) is 12.3 Å². The molecule has 0 aliphatic rings. The van der Waals surface area contributed by atoms with Gasteiger partial charge in [-0.3, -0.25) is 4.79 Å². The summed E-state index contributed by atoms with van der Waals surface area (Å²) in [6.45, 7) is 5.80. The van der Waals surface area contributed by atoms with Crippen molar-refractivity contribution in [3.63, 3.8) is 0 Å². The van der Waals surface area contributed by atoms with Crippen molar-refractivity contribution < 1.29 is 17.9 Å². The lowest BCUT2D eigenvalue weighted by Gasteiger charge is -2.12. The molecule has 0 fully saturated rings. The minimum Gasteiger partial charge on any atom is -0.492 e. The Morgan fingerprint density at radius 3 is 2.54 bits per heavy atom. The second kappa shape index (κ2) is 8.82. The van der Waals surface area contributed by atoms with E-state index in [2.05, 4.69) is 10.0 Å². The Balaban J connectivity index is 1.95. The second-order valence-corrected chi connectivity index (χ2v) is 7.79. The topological polar surface area (TPSA) is 84.5 Å². The van der Waals surface area contributed by atoms with E-state index in [4.69, 9.17) is 4.74 Å². The van der Waals surface area contributed by atoms with Crippen LogP contribution in [0.25, 0.3) is 0 Å². The number of ether oxygens (including phenoxy) is 1. The highest BCUT2D eigenvalue weighted by atomic mass is 32.2. The van der Waals surface area contributed by atoms with Gasteiger partial charge >= 0.3 is 0 Å². The standard InChI is InChI=1S/C19H24N2O4S/c1-4-25-18-8-6-5-7-17(18)21-19(22)12-20-26(23,24)13-16-10-9-14(2)11-15(16)3/h5-11,20H,4,12-13H2,1-3H3,(H,21,22). The molecule has 0 saturated carbocycles. The molecule has 0 atom stereocenters. The summed E-state index contributed by atoms with van der Waals surface area (Å²) >= 11 is 0. The third-order valence-corrected chi connectivity index (χ3v) is 5.03. The van der Waals surface area contributed by atoms with E-state index in [0.29, 0.717) is 23.6 Å². The first-order valence-corrected chi connectivity index (χ1v) is 10.0. The molecule has 2 N–H and O–H groups in total. The number of aryl methyl sites for hydroxylation is 2. The Bertz CT molecular complexity index is 879. The molecular formula is C19H24N2O4S. The van der Waals surface area contributed by atoms with Crippen LogP contribution in [0.1, 0.15) is 23.6 Å². The van der Waals surface area contributed by atoms with E-state index >= 15 is 0 Å². The Morgan fingerprint density at radius 2 is 1.85 bits per heavy atom. The van der Waals surface area contributed by atoms with Gasteiger partial charge in [-0.15, -0.1) is 0 Å². The smallest absolute Gasteiger partial charge is 0.239 e. The largest absolute Gasteiger partial charge is 0.492 e. The highest BCUT2D eigenvalue weighted by Gasteiger charge is 2.15. The zero-order valence-corrected chi connectivity index (χ0v) is 16.0. The predicted octanol–water partition coefficient (Wildman–Crippen LogP) is 2.76. The van der Waals surface area contributed by atoms with Gasteiger partial charge in [-0.1, -0.05) is 35.9 Å². The van der Waals surface area contributed by atoms with Crippen LogP contribution in [-0.4, -0.2) is 27.5 Å². The molecule has 0 bridgehead atoms.